The zero-order valence-corrected chi connectivity index (χ0v) is 13.6. The lowest BCUT2D eigenvalue weighted by Gasteiger charge is -2.32. The second-order valence-electron chi connectivity index (χ2n) is 6.52. The van der Waals surface area contributed by atoms with E-state index in [-0.39, 0.29) is 29.2 Å². The van der Waals surface area contributed by atoms with Gasteiger partial charge in [0.1, 0.15) is 11.5 Å². The van der Waals surface area contributed by atoms with Crippen molar-refractivity contribution >= 4 is 11.6 Å². The van der Waals surface area contributed by atoms with Crippen LogP contribution in [0.4, 0.5) is 0 Å². The average molecular weight is 338 g/mol. The first-order chi connectivity index (χ1) is 12.1. The maximum absolute atomic E-state index is 12.1. The highest BCUT2D eigenvalue weighted by molar-refractivity contribution is 6.01. The maximum atomic E-state index is 12.1. The molecule has 5 nitrogen and oxygen atoms in total. The highest BCUT2D eigenvalue weighted by Gasteiger charge is 2.34. The van der Waals surface area contributed by atoms with E-state index in [1.165, 1.54) is 6.07 Å². The predicted molar refractivity (Wildman–Crippen MR) is 89.9 cm³/mol. The fourth-order valence-corrected chi connectivity index (χ4v) is 3.82. The summed E-state index contributed by atoms with van der Waals surface area (Å²) >= 11 is 0. The van der Waals surface area contributed by atoms with Gasteiger partial charge < -0.3 is 14.9 Å². The third-order valence-electron chi connectivity index (χ3n) is 5.00. The summed E-state index contributed by atoms with van der Waals surface area (Å²) in [5.41, 5.74) is 2.02. The lowest BCUT2D eigenvalue weighted by molar-refractivity contribution is -0.0303. The summed E-state index contributed by atoms with van der Waals surface area (Å²) < 4.78 is 6.24. The minimum atomic E-state index is -0.415. The lowest BCUT2D eigenvalue weighted by Crippen LogP contribution is -2.23. The highest BCUT2D eigenvalue weighted by Crippen LogP contribution is 2.44. The topological polar surface area (TPSA) is 83.8 Å². The number of phenolic OH excluding ortho intramolecular Hbond substituents is 2. The number of aromatic hydroxyl groups is 2. The van der Waals surface area contributed by atoms with Gasteiger partial charge in [0, 0.05) is 24.0 Å². The zero-order valence-electron chi connectivity index (χ0n) is 13.6. The van der Waals surface area contributed by atoms with Crippen LogP contribution >= 0.6 is 0 Å². The van der Waals surface area contributed by atoms with Crippen LogP contribution < -0.4 is 0 Å². The molecule has 0 heterocycles. The number of benzene rings is 2. The summed E-state index contributed by atoms with van der Waals surface area (Å²) in [7, 11) is 0. The van der Waals surface area contributed by atoms with Crippen molar-refractivity contribution in [3.05, 3.63) is 58.7 Å². The molecule has 0 unspecified atom stereocenters. The van der Waals surface area contributed by atoms with Gasteiger partial charge >= 0.3 is 0 Å². The summed E-state index contributed by atoms with van der Waals surface area (Å²) in [4.78, 5) is 24.3. The van der Waals surface area contributed by atoms with Crippen molar-refractivity contribution in [3.8, 4) is 11.5 Å². The number of hydrogen-bond acceptors (Lipinski definition) is 5. The van der Waals surface area contributed by atoms with Gasteiger partial charge in [-0.3, -0.25) is 9.59 Å². The molecule has 2 aliphatic carbocycles. The van der Waals surface area contributed by atoms with Crippen LogP contribution in [0.2, 0.25) is 0 Å². The molecule has 4 rings (SSSR count). The van der Waals surface area contributed by atoms with Gasteiger partial charge in [-0.2, -0.15) is 0 Å². The summed E-state index contributed by atoms with van der Waals surface area (Å²) in [6.45, 7) is 0. The van der Waals surface area contributed by atoms with Gasteiger partial charge in [0.25, 0.3) is 0 Å². The average Bonchev–Trinajstić information content (AvgIpc) is 2.60. The molecular weight excluding hydrogens is 320 g/mol. The SMILES string of the molecule is O=C1CC[C@H](O[C@@H]2CCC(=O)c3c(O)cccc32)c2c(O)cccc21. The van der Waals surface area contributed by atoms with Crippen LogP contribution in [0.15, 0.2) is 36.4 Å². The minimum Gasteiger partial charge on any atom is -0.508 e. The van der Waals surface area contributed by atoms with Gasteiger partial charge in [0.15, 0.2) is 11.6 Å². The Morgan fingerprint density at radius 3 is 2.36 bits per heavy atom. The Kier molecular flexibility index (Phi) is 3.81. The number of carbonyl (C=O) groups excluding carboxylic acids is 2. The normalized spacial score (nSPS) is 22.4. The van der Waals surface area contributed by atoms with Crippen molar-refractivity contribution in [1.29, 1.82) is 0 Å². The Labute approximate surface area is 144 Å². The number of Topliss-reactive ketones (excluding diaryl/α,β-unsaturated/α-hetero) is 2. The van der Waals surface area contributed by atoms with E-state index in [0.29, 0.717) is 47.9 Å². The van der Waals surface area contributed by atoms with Crippen LogP contribution in [0.3, 0.4) is 0 Å². The van der Waals surface area contributed by atoms with Crippen LogP contribution in [0, 0.1) is 0 Å². The van der Waals surface area contributed by atoms with Crippen molar-refractivity contribution in [1.82, 2.24) is 0 Å². The van der Waals surface area contributed by atoms with Gasteiger partial charge in [-0.05, 0) is 30.5 Å². The van der Waals surface area contributed by atoms with Crippen LogP contribution in [0.25, 0.3) is 0 Å². The van der Waals surface area contributed by atoms with E-state index in [9.17, 15) is 19.8 Å². The van der Waals surface area contributed by atoms with Crippen molar-refractivity contribution in [3.63, 3.8) is 0 Å². The van der Waals surface area contributed by atoms with Gasteiger partial charge in [0.2, 0.25) is 0 Å². The van der Waals surface area contributed by atoms with Gasteiger partial charge in [-0.1, -0.05) is 24.3 Å². The molecule has 0 fully saturated rings. The molecule has 0 aromatic heterocycles. The van der Waals surface area contributed by atoms with Crippen molar-refractivity contribution in [2.45, 2.75) is 37.9 Å². The molecule has 2 N–H and O–H groups in total. The van der Waals surface area contributed by atoms with E-state index in [0.717, 1.165) is 0 Å². The van der Waals surface area contributed by atoms with Crippen molar-refractivity contribution in [2.75, 3.05) is 0 Å². The van der Waals surface area contributed by atoms with Crippen molar-refractivity contribution in [2.24, 2.45) is 0 Å². The number of carbonyl (C=O) groups is 2. The Balaban J connectivity index is 1.70. The fraction of sp³-hybridized carbons (Fsp3) is 0.300. The number of ether oxygens (including phenoxy) is 1. The molecule has 25 heavy (non-hydrogen) atoms. The molecule has 0 saturated heterocycles. The minimum absolute atomic E-state index is 0.00242. The molecule has 0 radical (unpaired) electrons. The van der Waals surface area contributed by atoms with E-state index in [2.05, 4.69) is 0 Å². The van der Waals surface area contributed by atoms with Crippen molar-refractivity contribution < 1.29 is 24.5 Å². The number of hydrogen-bond donors (Lipinski definition) is 2. The second kappa shape index (κ2) is 6.01. The van der Waals surface area contributed by atoms with E-state index >= 15 is 0 Å². The molecule has 0 aliphatic heterocycles. The fourth-order valence-electron chi connectivity index (χ4n) is 3.82. The number of ketones is 2. The molecule has 0 spiro atoms. The van der Waals surface area contributed by atoms with Gasteiger partial charge in [0.05, 0.1) is 17.8 Å². The zero-order chi connectivity index (χ0) is 17.6. The maximum Gasteiger partial charge on any atom is 0.167 e. The third kappa shape index (κ3) is 2.61. The first kappa shape index (κ1) is 15.8. The highest BCUT2D eigenvalue weighted by atomic mass is 16.5. The molecule has 2 aromatic carbocycles. The Morgan fingerprint density at radius 2 is 1.52 bits per heavy atom. The number of phenols is 2. The lowest BCUT2D eigenvalue weighted by atomic mass is 9.85. The molecule has 0 saturated carbocycles. The first-order valence-corrected chi connectivity index (χ1v) is 8.42. The largest absolute Gasteiger partial charge is 0.508 e. The van der Waals surface area contributed by atoms with E-state index < -0.39 is 6.10 Å². The third-order valence-corrected chi connectivity index (χ3v) is 5.00. The summed E-state index contributed by atoms with van der Waals surface area (Å²) in [6.07, 6.45) is 0.895. The smallest absolute Gasteiger partial charge is 0.167 e. The van der Waals surface area contributed by atoms with Crippen LogP contribution in [0.5, 0.6) is 11.5 Å². The Bertz CT molecular complexity index is 870. The quantitative estimate of drug-likeness (QED) is 0.869. The monoisotopic (exact) mass is 338 g/mol. The number of fused-ring (bicyclic) bond motifs is 2. The van der Waals surface area contributed by atoms with Gasteiger partial charge in [-0.15, -0.1) is 0 Å². The molecule has 0 amide bonds. The Morgan fingerprint density at radius 1 is 0.840 bits per heavy atom. The molecule has 5 heteroatoms. The van der Waals surface area contributed by atoms with Crippen LogP contribution in [-0.4, -0.2) is 21.8 Å². The van der Waals surface area contributed by atoms with Crippen LogP contribution in [-0.2, 0) is 4.74 Å². The second-order valence-corrected chi connectivity index (χ2v) is 6.52. The molecule has 128 valence electrons. The van der Waals surface area contributed by atoms with E-state index in [4.69, 9.17) is 4.74 Å². The molecule has 2 aliphatic rings. The number of rotatable bonds is 2. The van der Waals surface area contributed by atoms with Crippen LogP contribution in [0.1, 0.15) is 69.7 Å². The Hall–Kier alpha value is -2.66. The molecule has 0 bridgehead atoms. The van der Waals surface area contributed by atoms with E-state index in [1.807, 2.05) is 0 Å². The summed E-state index contributed by atoms with van der Waals surface area (Å²) in [5, 5.41) is 20.3. The first-order valence-electron chi connectivity index (χ1n) is 8.42. The molecule has 2 aromatic rings. The predicted octanol–water partition coefficient (Wildman–Crippen LogP) is 3.85. The molecule has 2 atom stereocenters. The standard InChI is InChI=1S/C20H18O5/c21-13-7-10-18(20-11(13)3-1-6-15(20)23)25-17-9-8-16(24)19-12(17)4-2-5-14(19)22/h1-6,17-18,22-23H,7-10H2/t17-,18+/m1/s1. The van der Waals surface area contributed by atoms with Gasteiger partial charge in [-0.25, -0.2) is 0 Å². The summed E-state index contributed by atoms with van der Waals surface area (Å²) in [6, 6.07) is 9.89. The van der Waals surface area contributed by atoms with E-state index in [1.54, 1.807) is 30.3 Å². The summed E-state index contributed by atoms with van der Waals surface area (Å²) in [5.74, 6) is -0.0610. The molecular formula is C20H18O5.